The second-order valence-corrected chi connectivity index (χ2v) is 7.01. The summed E-state index contributed by atoms with van der Waals surface area (Å²) in [5, 5.41) is 8.30. The van der Waals surface area contributed by atoms with Gasteiger partial charge in [0.15, 0.2) is 0 Å². The average molecular weight is 343 g/mol. The van der Waals surface area contributed by atoms with E-state index in [1.807, 2.05) is 34.7 Å². The Hall–Kier alpha value is -1.99. The molecule has 2 fully saturated rings. The lowest BCUT2D eigenvalue weighted by molar-refractivity contribution is 0.0119. The number of rotatable bonds is 3. The van der Waals surface area contributed by atoms with Crippen molar-refractivity contribution in [3.05, 3.63) is 23.8 Å². The monoisotopic (exact) mass is 343 g/mol. The molecule has 0 spiro atoms. The minimum absolute atomic E-state index is 0.0931. The molecule has 7 heteroatoms. The largest absolute Gasteiger partial charge is 0.379 e. The lowest BCUT2D eigenvalue weighted by Crippen LogP contribution is -2.47. The highest BCUT2D eigenvalue weighted by Crippen LogP contribution is 2.25. The number of hydrogen-bond donors (Lipinski definition) is 0. The van der Waals surface area contributed by atoms with E-state index in [1.165, 1.54) is 0 Å². The Bertz CT molecular complexity index is 768. The summed E-state index contributed by atoms with van der Waals surface area (Å²) < 4.78 is 7.30. The summed E-state index contributed by atoms with van der Waals surface area (Å²) in [5.74, 6) is 0.572. The van der Waals surface area contributed by atoms with Gasteiger partial charge in [-0.05, 0) is 31.0 Å². The van der Waals surface area contributed by atoms with Crippen molar-refractivity contribution in [1.82, 2.24) is 24.8 Å². The van der Waals surface area contributed by atoms with Crippen LogP contribution in [0.3, 0.4) is 0 Å². The van der Waals surface area contributed by atoms with Gasteiger partial charge in [0.2, 0.25) is 0 Å². The van der Waals surface area contributed by atoms with Crippen LogP contribution in [-0.2, 0) is 11.3 Å². The van der Waals surface area contributed by atoms with Crippen molar-refractivity contribution in [2.24, 2.45) is 5.92 Å². The molecule has 0 bridgehead atoms. The molecule has 0 saturated carbocycles. The summed E-state index contributed by atoms with van der Waals surface area (Å²) in [4.78, 5) is 17.4. The third kappa shape index (κ3) is 3.02. The molecule has 1 amide bonds. The molecular weight excluding hydrogens is 318 g/mol. The van der Waals surface area contributed by atoms with E-state index in [1.54, 1.807) is 0 Å². The Kier molecular flexibility index (Phi) is 4.43. The number of amides is 1. The van der Waals surface area contributed by atoms with E-state index in [4.69, 9.17) is 4.74 Å². The standard InChI is InChI=1S/C18H25N5O2/c1-3-23-16-5-4-14(10-15(16)19-20-23)18(24)22-11-13(2)17(12-22)21-6-8-25-9-7-21/h4-5,10,13,17H,3,6-9,11-12H2,1-2H3. The van der Waals surface area contributed by atoms with Crippen LogP contribution in [-0.4, -0.2) is 76.1 Å². The van der Waals surface area contributed by atoms with E-state index in [0.717, 1.165) is 57.0 Å². The predicted molar refractivity (Wildman–Crippen MR) is 94.4 cm³/mol. The van der Waals surface area contributed by atoms with Crippen molar-refractivity contribution >= 4 is 16.9 Å². The average Bonchev–Trinajstić information content (AvgIpc) is 3.24. The van der Waals surface area contributed by atoms with Gasteiger partial charge in [-0.25, -0.2) is 4.68 Å². The summed E-state index contributed by atoms with van der Waals surface area (Å²) >= 11 is 0. The molecule has 0 N–H and O–H groups in total. The Morgan fingerprint density at radius 1 is 1.28 bits per heavy atom. The van der Waals surface area contributed by atoms with Gasteiger partial charge in [0, 0.05) is 44.3 Å². The van der Waals surface area contributed by atoms with E-state index in [-0.39, 0.29) is 5.91 Å². The van der Waals surface area contributed by atoms with Crippen LogP contribution in [0.15, 0.2) is 18.2 Å². The lowest BCUT2D eigenvalue weighted by atomic mass is 10.0. The van der Waals surface area contributed by atoms with Gasteiger partial charge in [-0.2, -0.15) is 0 Å². The maximum Gasteiger partial charge on any atom is 0.253 e. The zero-order valence-electron chi connectivity index (χ0n) is 14.9. The van der Waals surface area contributed by atoms with Crippen LogP contribution in [0.1, 0.15) is 24.2 Å². The maximum absolute atomic E-state index is 13.0. The highest BCUT2D eigenvalue weighted by molar-refractivity contribution is 5.97. The number of nitrogens with zero attached hydrogens (tertiary/aromatic N) is 5. The first-order valence-corrected chi connectivity index (χ1v) is 9.11. The number of morpholine rings is 1. The smallest absolute Gasteiger partial charge is 0.253 e. The molecule has 1 aromatic heterocycles. The van der Waals surface area contributed by atoms with E-state index >= 15 is 0 Å². The fourth-order valence-corrected chi connectivity index (χ4v) is 4.02. The van der Waals surface area contributed by atoms with Gasteiger partial charge in [-0.15, -0.1) is 5.10 Å². The van der Waals surface area contributed by atoms with Gasteiger partial charge in [0.1, 0.15) is 5.52 Å². The molecule has 134 valence electrons. The number of aryl methyl sites for hydroxylation is 1. The number of carbonyl (C=O) groups excluding carboxylic acids is 1. The van der Waals surface area contributed by atoms with Crippen molar-refractivity contribution in [2.75, 3.05) is 39.4 Å². The second-order valence-electron chi connectivity index (χ2n) is 7.01. The predicted octanol–water partition coefficient (Wildman–Crippen LogP) is 1.24. The molecule has 25 heavy (non-hydrogen) atoms. The van der Waals surface area contributed by atoms with Crippen molar-refractivity contribution in [3.8, 4) is 0 Å². The van der Waals surface area contributed by atoms with Crippen LogP contribution < -0.4 is 0 Å². The van der Waals surface area contributed by atoms with E-state index < -0.39 is 0 Å². The number of aromatic nitrogens is 3. The Balaban J connectivity index is 1.51. The molecule has 3 heterocycles. The molecule has 4 rings (SSSR count). The number of benzene rings is 1. The molecular formula is C18H25N5O2. The van der Waals surface area contributed by atoms with Gasteiger partial charge in [-0.1, -0.05) is 12.1 Å². The first kappa shape index (κ1) is 16.5. The third-order valence-electron chi connectivity index (χ3n) is 5.43. The zero-order valence-corrected chi connectivity index (χ0v) is 14.9. The zero-order chi connectivity index (χ0) is 17.4. The van der Waals surface area contributed by atoms with Crippen LogP contribution >= 0.6 is 0 Å². The van der Waals surface area contributed by atoms with Gasteiger partial charge < -0.3 is 9.64 Å². The van der Waals surface area contributed by atoms with Crippen LogP contribution in [0, 0.1) is 5.92 Å². The number of hydrogen-bond acceptors (Lipinski definition) is 5. The lowest BCUT2D eigenvalue weighted by Gasteiger charge is -2.33. The van der Waals surface area contributed by atoms with Crippen molar-refractivity contribution in [2.45, 2.75) is 26.4 Å². The molecule has 2 atom stereocenters. The molecule has 0 radical (unpaired) electrons. The minimum atomic E-state index is 0.0931. The van der Waals surface area contributed by atoms with Crippen molar-refractivity contribution in [1.29, 1.82) is 0 Å². The van der Waals surface area contributed by atoms with E-state index in [2.05, 4.69) is 22.1 Å². The van der Waals surface area contributed by atoms with Crippen LogP contribution in [0.4, 0.5) is 0 Å². The summed E-state index contributed by atoms with van der Waals surface area (Å²) in [7, 11) is 0. The van der Waals surface area contributed by atoms with Gasteiger partial charge >= 0.3 is 0 Å². The first-order valence-electron chi connectivity index (χ1n) is 9.11. The van der Waals surface area contributed by atoms with Crippen LogP contribution in [0.25, 0.3) is 11.0 Å². The maximum atomic E-state index is 13.0. The third-order valence-corrected chi connectivity index (χ3v) is 5.43. The number of ether oxygens (including phenoxy) is 1. The SMILES string of the molecule is CCn1nnc2cc(C(=O)N3CC(C)C(N4CCOCC4)C3)ccc21. The fraction of sp³-hybridized carbons (Fsp3) is 0.611. The van der Waals surface area contributed by atoms with Crippen LogP contribution in [0.5, 0.6) is 0 Å². The normalized spacial score (nSPS) is 25.0. The Labute approximate surface area is 147 Å². The summed E-state index contributed by atoms with van der Waals surface area (Å²) in [6.07, 6.45) is 0. The van der Waals surface area contributed by atoms with Crippen molar-refractivity contribution in [3.63, 3.8) is 0 Å². The molecule has 2 aromatic rings. The number of fused-ring (bicyclic) bond motifs is 1. The molecule has 2 aliphatic heterocycles. The molecule has 2 saturated heterocycles. The first-order chi connectivity index (χ1) is 12.2. The number of carbonyl (C=O) groups is 1. The number of likely N-dealkylation sites (tertiary alicyclic amines) is 1. The minimum Gasteiger partial charge on any atom is -0.379 e. The van der Waals surface area contributed by atoms with Gasteiger partial charge in [0.25, 0.3) is 5.91 Å². The van der Waals surface area contributed by atoms with E-state index in [9.17, 15) is 4.79 Å². The highest BCUT2D eigenvalue weighted by atomic mass is 16.5. The Morgan fingerprint density at radius 3 is 2.84 bits per heavy atom. The molecule has 2 aliphatic rings. The summed E-state index contributed by atoms with van der Waals surface area (Å²) in [5.41, 5.74) is 2.45. The van der Waals surface area contributed by atoms with Crippen LogP contribution in [0.2, 0.25) is 0 Å². The molecule has 7 nitrogen and oxygen atoms in total. The van der Waals surface area contributed by atoms with E-state index in [0.29, 0.717) is 17.5 Å². The quantitative estimate of drug-likeness (QED) is 0.839. The molecule has 0 aliphatic carbocycles. The highest BCUT2D eigenvalue weighted by Gasteiger charge is 2.36. The second kappa shape index (κ2) is 6.72. The van der Waals surface area contributed by atoms with Gasteiger partial charge in [-0.3, -0.25) is 9.69 Å². The van der Waals surface area contributed by atoms with Crippen molar-refractivity contribution < 1.29 is 9.53 Å². The topological polar surface area (TPSA) is 63.5 Å². The molecule has 1 aromatic carbocycles. The molecule has 2 unspecified atom stereocenters. The Morgan fingerprint density at radius 2 is 2.08 bits per heavy atom. The summed E-state index contributed by atoms with van der Waals surface area (Å²) in [6.45, 7) is 10.1. The van der Waals surface area contributed by atoms with Gasteiger partial charge in [0.05, 0.1) is 18.7 Å². The fourth-order valence-electron chi connectivity index (χ4n) is 4.02. The summed E-state index contributed by atoms with van der Waals surface area (Å²) in [6, 6.07) is 6.14.